The van der Waals surface area contributed by atoms with E-state index in [1.54, 1.807) is 18.2 Å². The second kappa shape index (κ2) is 7.39. The van der Waals surface area contributed by atoms with E-state index in [-0.39, 0.29) is 18.2 Å². The third-order valence-corrected chi connectivity index (χ3v) is 4.82. The van der Waals surface area contributed by atoms with Gasteiger partial charge in [0, 0.05) is 30.6 Å². The number of pyridine rings is 1. The van der Waals surface area contributed by atoms with Crippen LogP contribution in [0.25, 0.3) is 0 Å². The number of sulfone groups is 1. The molecule has 1 atom stereocenters. The van der Waals surface area contributed by atoms with Crippen LogP contribution < -0.4 is 10.1 Å². The van der Waals surface area contributed by atoms with Crippen molar-refractivity contribution in [1.29, 1.82) is 0 Å². The van der Waals surface area contributed by atoms with Gasteiger partial charge < -0.3 is 10.1 Å². The summed E-state index contributed by atoms with van der Waals surface area (Å²) in [5.74, 6) is -0.584. The smallest absolute Gasteiger partial charge is 0.238 e. The molecule has 2 rings (SSSR count). The van der Waals surface area contributed by atoms with Crippen molar-refractivity contribution in [2.45, 2.75) is 18.7 Å². The van der Waals surface area contributed by atoms with Crippen LogP contribution in [0.4, 0.5) is 4.39 Å². The number of hydrogen-bond acceptors (Lipinski definition) is 5. The van der Waals surface area contributed by atoms with Crippen molar-refractivity contribution in [3.63, 3.8) is 0 Å². The van der Waals surface area contributed by atoms with E-state index in [1.807, 2.05) is 0 Å². The Kier molecular flexibility index (Phi) is 5.50. The zero-order chi connectivity index (χ0) is 17.7. The largest absolute Gasteiger partial charge is 0.439 e. The van der Waals surface area contributed by atoms with E-state index in [2.05, 4.69) is 10.3 Å². The average Bonchev–Trinajstić information content (AvgIpc) is 2.52. The zero-order valence-electron chi connectivity index (χ0n) is 13.2. The summed E-state index contributed by atoms with van der Waals surface area (Å²) in [6.07, 6.45) is 2.50. The fourth-order valence-electron chi connectivity index (χ4n) is 1.81. The van der Waals surface area contributed by atoms with Crippen LogP contribution in [0.5, 0.6) is 11.6 Å². The predicted octanol–water partition coefficient (Wildman–Crippen LogP) is 2.06. The molecule has 1 aromatic heterocycles. The number of ether oxygens (including phenoxy) is 1. The Balaban J connectivity index is 2.10. The number of hydrogen-bond donors (Lipinski definition) is 1. The highest BCUT2D eigenvalue weighted by Crippen LogP contribution is 2.23. The van der Waals surface area contributed by atoms with Gasteiger partial charge in [-0.05, 0) is 25.1 Å². The van der Waals surface area contributed by atoms with Gasteiger partial charge in [-0.1, -0.05) is 12.1 Å². The quantitative estimate of drug-likeness (QED) is 0.860. The summed E-state index contributed by atoms with van der Waals surface area (Å²) < 4.78 is 41.5. The molecule has 1 heterocycles. The van der Waals surface area contributed by atoms with E-state index in [4.69, 9.17) is 4.74 Å². The standard InChI is InChI=1S/C16H17FN2O4S/c1-11(24(2,21)22)15(20)19-10-12-5-4-8-18-16(12)23-14-7-3-6-13(17)9-14/h3-9,11H,10H2,1-2H3,(H,19,20)/t11-/m0/s1. The summed E-state index contributed by atoms with van der Waals surface area (Å²) in [4.78, 5) is 15.9. The first-order valence-electron chi connectivity index (χ1n) is 7.11. The summed E-state index contributed by atoms with van der Waals surface area (Å²) >= 11 is 0. The Morgan fingerprint density at radius 3 is 2.75 bits per heavy atom. The summed E-state index contributed by atoms with van der Waals surface area (Å²) in [5.41, 5.74) is 0.538. The molecule has 1 amide bonds. The number of amides is 1. The molecular formula is C16H17FN2O4S. The van der Waals surface area contributed by atoms with Gasteiger partial charge in [0.25, 0.3) is 0 Å². The van der Waals surface area contributed by atoms with E-state index in [1.165, 1.54) is 31.3 Å². The molecule has 1 N–H and O–H groups in total. The van der Waals surface area contributed by atoms with Gasteiger partial charge >= 0.3 is 0 Å². The Hall–Kier alpha value is -2.48. The molecule has 0 bridgehead atoms. The molecule has 0 aliphatic heterocycles. The molecule has 1 aromatic carbocycles. The second-order valence-electron chi connectivity index (χ2n) is 5.22. The predicted molar refractivity (Wildman–Crippen MR) is 86.9 cm³/mol. The number of carbonyl (C=O) groups is 1. The summed E-state index contributed by atoms with van der Waals surface area (Å²) in [7, 11) is -3.47. The molecule has 128 valence electrons. The number of nitrogens with zero attached hydrogens (tertiary/aromatic N) is 1. The van der Waals surface area contributed by atoms with Crippen molar-refractivity contribution in [3.05, 3.63) is 54.0 Å². The Morgan fingerprint density at radius 2 is 2.08 bits per heavy atom. The first kappa shape index (κ1) is 17.9. The third-order valence-electron chi connectivity index (χ3n) is 3.33. The van der Waals surface area contributed by atoms with Crippen molar-refractivity contribution in [3.8, 4) is 11.6 Å². The van der Waals surface area contributed by atoms with Crippen LogP contribution in [0.3, 0.4) is 0 Å². The lowest BCUT2D eigenvalue weighted by atomic mass is 10.2. The van der Waals surface area contributed by atoms with Gasteiger partial charge in [0.1, 0.15) is 16.8 Å². The van der Waals surface area contributed by atoms with Gasteiger partial charge in [-0.15, -0.1) is 0 Å². The van der Waals surface area contributed by atoms with Gasteiger partial charge in [-0.25, -0.2) is 17.8 Å². The van der Waals surface area contributed by atoms with Crippen LogP contribution >= 0.6 is 0 Å². The van der Waals surface area contributed by atoms with E-state index < -0.39 is 26.8 Å². The fourth-order valence-corrected chi connectivity index (χ4v) is 2.29. The molecule has 0 saturated heterocycles. The minimum atomic E-state index is -3.47. The number of carbonyl (C=O) groups excluding carboxylic acids is 1. The minimum Gasteiger partial charge on any atom is -0.439 e. The maximum absolute atomic E-state index is 13.2. The van der Waals surface area contributed by atoms with Gasteiger partial charge in [0.05, 0.1) is 0 Å². The van der Waals surface area contributed by atoms with Crippen molar-refractivity contribution in [2.75, 3.05) is 6.26 Å². The molecule has 6 nitrogen and oxygen atoms in total. The summed E-state index contributed by atoms with van der Waals surface area (Å²) in [6, 6.07) is 8.91. The van der Waals surface area contributed by atoms with Crippen LogP contribution in [0.15, 0.2) is 42.6 Å². The average molecular weight is 352 g/mol. The highest BCUT2D eigenvalue weighted by molar-refractivity contribution is 7.92. The molecule has 0 fully saturated rings. The highest BCUT2D eigenvalue weighted by atomic mass is 32.2. The molecule has 0 unspecified atom stereocenters. The highest BCUT2D eigenvalue weighted by Gasteiger charge is 2.23. The Bertz CT molecular complexity index is 839. The Labute approximate surface area is 139 Å². The molecule has 0 spiro atoms. The van der Waals surface area contributed by atoms with E-state index in [0.29, 0.717) is 5.56 Å². The van der Waals surface area contributed by atoms with Gasteiger partial charge in [-0.2, -0.15) is 0 Å². The lowest BCUT2D eigenvalue weighted by Gasteiger charge is -2.13. The van der Waals surface area contributed by atoms with E-state index in [0.717, 1.165) is 6.26 Å². The summed E-state index contributed by atoms with van der Waals surface area (Å²) in [6.45, 7) is 1.36. The SMILES string of the molecule is C[C@@H](C(=O)NCc1cccnc1Oc1cccc(F)c1)S(C)(=O)=O. The van der Waals surface area contributed by atoms with Crippen molar-refractivity contribution < 1.29 is 22.3 Å². The third kappa shape index (κ3) is 4.76. The molecule has 0 radical (unpaired) electrons. The first-order chi connectivity index (χ1) is 11.3. The number of nitrogens with one attached hydrogen (secondary N) is 1. The van der Waals surface area contributed by atoms with Gasteiger partial charge in [0.2, 0.25) is 11.8 Å². The zero-order valence-corrected chi connectivity index (χ0v) is 14.0. The first-order valence-corrected chi connectivity index (χ1v) is 9.06. The number of benzene rings is 1. The molecule has 2 aromatic rings. The summed E-state index contributed by atoms with van der Waals surface area (Å²) in [5, 5.41) is 1.38. The number of halogens is 1. The van der Waals surface area contributed by atoms with Crippen molar-refractivity contribution in [2.24, 2.45) is 0 Å². The lowest BCUT2D eigenvalue weighted by molar-refractivity contribution is -0.120. The maximum Gasteiger partial charge on any atom is 0.238 e. The molecule has 0 aliphatic rings. The molecular weight excluding hydrogens is 335 g/mol. The van der Waals surface area contributed by atoms with Crippen molar-refractivity contribution in [1.82, 2.24) is 10.3 Å². The van der Waals surface area contributed by atoms with Gasteiger partial charge in [-0.3, -0.25) is 4.79 Å². The molecule has 0 aliphatic carbocycles. The van der Waals surface area contributed by atoms with Crippen molar-refractivity contribution >= 4 is 15.7 Å². The lowest BCUT2D eigenvalue weighted by Crippen LogP contribution is -2.37. The second-order valence-corrected chi connectivity index (χ2v) is 7.58. The van der Waals surface area contributed by atoms with Crippen LogP contribution in [0.2, 0.25) is 0 Å². The van der Waals surface area contributed by atoms with Crippen LogP contribution in [0, 0.1) is 5.82 Å². The topological polar surface area (TPSA) is 85.4 Å². The minimum absolute atomic E-state index is 0.0389. The van der Waals surface area contributed by atoms with Crippen LogP contribution in [-0.4, -0.2) is 30.8 Å². The monoisotopic (exact) mass is 352 g/mol. The van der Waals surface area contributed by atoms with Crippen LogP contribution in [0.1, 0.15) is 12.5 Å². The number of rotatable bonds is 6. The molecule has 0 saturated carbocycles. The van der Waals surface area contributed by atoms with E-state index in [9.17, 15) is 17.6 Å². The maximum atomic E-state index is 13.2. The molecule has 8 heteroatoms. The molecule has 24 heavy (non-hydrogen) atoms. The fraction of sp³-hybridized carbons (Fsp3) is 0.250. The van der Waals surface area contributed by atoms with E-state index >= 15 is 0 Å². The normalized spacial score (nSPS) is 12.5. The van der Waals surface area contributed by atoms with Crippen LogP contribution in [-0.2, 0) is 21.2 Å². The Morgan fingerprint density at radius 1 is 1.33 bits per heavy atom. The number of aromatic nitrogens is 1. The van der Waals surface area contributed by atoms with Gasteiger partial charge in [0.15, 0.2) is 9.84 Å².